The molecular weight excluding hydrogens is 380 g/mol. The van der Waals surface area contributed by atoms with Crippen LogP contribution >= 0.6 is 23.1 Å². The molecule has 136 valence electrons. The van der Waals surface area contributed by atoms with Crippen LogP contribution in [0.25, 0.3) is 5.57 Å². The second kappa shape index (κ2) is 8.25. The van der Waals surface area contributed by atoms with Crippen molar-refractivity contribution < 1.29 is 14.3 Å². The average Bonchev–Trinajstić information content (AvgIpc) is 3.13. The number of hydrogen-bond donors (Lipinski definition) is 1. The number of thiophene rings is 1. The number of esters is 1. The third-order valence-electron chi connectivity index (χ3n) is 3.79. The maximum Gasteiger partial charge on any atom is 0.333 e. The lowest BCUT2D eigenvalue weighted by Gasteiger charge is -2.20. The predicted octanol–water partition coefficient (Wildman–Crippen LogP) is 3.77. The highest BCUT2D eigenvalue weighted by Gasteiger charge is 2.27. The van der Waals surface area contributed by atoms with Crippen LogP contribution in [0.3, 0.4) is 0 Å². The van der Waals surface area contributed by atoms with Crippen molar-refractivity contribution in [2.45, 2.75) is 16.7 Å². The topological polar surface area (TPSA) is 79.2 Å². The van der Waals surface area contributed by atoms with Crippen molar-refractivity contribution >= 4 is 40.5 Å². The largest absolute Gasteiger partial charge is 0.460 e. The van der Waals surface area contributed by atoms with Crippen LogP contribution < -0.4 is 5.32 Å². The van der Waals surface area contributed by atoms with Crippen molar-refractivity contribution in [3.05, 3.63) is 63.9 Å². The molecule has 1 aliphatic heterocycles. The van der Waals surface area contributed by atoms with Crippen LogP contribution in [0.5, 0.6) is 0 Å². The monoisotopic (exact) mass is 396 g/mol. The van der Waals surface area contributed by atoms with Crippen LogP contribution in [0.4, 0.5) is 0 Å². The highest BCUT2D eigenvalue weighted by Crippen LogP contribution is 2.48. The lowest BCUT2D eigenvalue weighted by molar-refractivity contribution is -0.139. The zero-order valence-corrected chi connectivity index (χ0v) is 16.2. The molecule has 0 spiro atoms. The third-order valence-corrected chi connectivity index (χ3v) is 5.99. The van der Waals surface area contributed by atoms with Gasteiger partial charge in [-0.15, -0.1) is 11.3 Å². The first-order valence-corrected chi connectivity index (χ1v) is 9.83. The van der Waals surface area contributed by atoms with Gasteiger partial charge in [0.15, 0.2) is 0 Å². The first-order chi connectivity index (χ1) is 13.0. The van der Waals surface area contributed by atoms with Gasteiger partial charge >= 0.3 is 5.97 Å². The molecule has 0 saturated carbocycles. The lowest BCUT2D eigenvalue weighted by atomic mass is 9.97. The molecule has 2 aromatic rings. The van der Waals surface area contributed by atoms with Crippen molar-refractivity contribution in [2.24, 2.45) is 0 Å². The van der Waals surface area contributed by atoms with Crippen molar-refractivity contribution in [2.75, 3.05) is 13.2 Å². The molecule has 1 N–H and O–H groups in total. The second-order valence-electron chi connectivity index (χ2n) is 5.75. The Morgan fingerprint density at radius 2 is 2.04 bits per heavy atom. The summed E-state index contributed by atoms with van der Waals surface area (Å²) >= 11 is 3.13. The fourth-order valence-electron chi connectivity index (χ4n) is 2.55. The molecular formula is C20H16N2O3S2. The number of carbonyl (C=O) groups excluding carboxylic acids is 2. The molecule has 0 aliphatic carbocycles. The van der Waals surface area contributed by atoms with Gasteiger partial charge in [0.1, 0.15) is 18.2 Å². The molecule has 7 heteroatoms. The van der Waals surface area contributed by atoms with Gasteiger partial charge in [0.2, 0.25) is 0 Å². The standard InChI is InChI=1S/C20H16N2O3S2/c1-12(2)20(24)25-9-8-22-19(23)14(11-21)17-13-5-3-4-6-15(13)27-16-7-10-26-18(16)17/h3-7,10H,1,8-9H2,2H3,(H,22,23). The number of nitrogens with one attached hydrogen (secondary N) is 1. The molecule has 0 saturated heterocycles. The van der Waals surface area contributed by atoms with Crippen LogP contribution in [0.1, 0.15) is 17.4 Å². The number of benzene rings is 1. The van der Waals surface area contributed by atoms with Crippen LogP contribution in [-0.4, -0.2) is 25.0 Å². The van der Waals surface area contributed by atoms with E-state index in [0.717, 1.165) is 20.2 Å². The smallest absolute Gasteiger partial charge is 0.333 e. The first-order valence-electron chi connectivity index (χ1n) is 8.13. The summed E-state index contributed by atoms with van der Waals surface area (Å²) < 4.78 is 4.96. The van der Waals surface area contributed by atoms with E-state index >= 15 is 0 Å². The Bertz CT molecular complexity index is 999. The Labute approximate surface area is 165 Å². The second-order valence-corrected chi connectivity index (χ2v) is 7.75. The highest BCUT2D eigenvalue weighted by atomic mass is 32.2. The predicted molar refractivity (Wildman–Crippen MR) is 105 cm³/mol. The first kappa shape index (κ1) is 19.0. The molecule has 2 heterocycles. The van der Waals surface area contributed by atoms with Crippen molar-refractivity contribution in [3.63, 3.8) is 0 Å². The lowest BCUT2D eigenvalue weighted by Crippen LogP contribution is -2.29. The van der Waals surface area contributed by atoms with Gasteiger partial charge in [-0.2, -0.15) is 5.26 Å². The Balaban J connectivity index is 1.86. The number of hydrogen-bond acceptors (Lipinski definition) is 6. The number of rotatable bonds is 5. The van der Waals surface area contributed by atoms with Gasteiger partial charge in [-0.05, 0) is 30.0 Å². The van der Waals surface area contributed by atoms with Crippen LogP contribution in [-0.2, 0) is 14.3 Å². The van der Waals surface area contributed by atoms with Gasteiger partial charge in [0.05, 0.1) is 11.4 Å². The zero-order valence-electron chi connectivity index (χ0n) is 14.6. The zero-order chi connectivity index (χ0) is 19.4. The van der Waals surface area contributed by atoms with E-state index in [0.29, 0.717) is 11.1 Å². The van der Waals surface area contributed by atoms with E-state index in [2.05, 4.69) is 18.0 Å². The molecule has 0 atom stereocenters. The van der Waals surface area contributed by atoms with Crippen molar-refractivity contribution in [3.8, 4) is 6.07 Å². The van der Waals surface area contributed by atoms with Crippen molar-refractivity contribution in [1.29, 1.82) is 5.26 Å². The van der Waals surface area contributed by atoms with Crippen LogP contribution in [0.15, 0.2) is 63.2 Å². The maximum atomic E-state index is 12.6. The molecule has 5 nitrogen and oxygen atoms in total. The van der Waals surface area contributed by atoms with Gasteiger partial charge < -0.3 is 10.1 Å². The number of carbonyl (C=O) groups is 2. The summed E-state index contributed by atoms with van der Waals surface area (Å²) in [6, 6.07) is 11.8. The van der Waals surface area contributed by atoms with E-state index in [1.165, 1.54) is 11.3 Å². The van der Waals surface area contributed by atoms with E-state index in [9.17, 15) is 14.9 Å². The van der Waals surface area contributed by atoms with Crippen LogP contribution in [0.2, 0.25) is 0 Å². The minimum Gasteiger partial charge on any atom is -0.460 e. The quantitative estimate of drug-likeness (QED) is 0.307. The molecule has 3 rings (SSSR count). The number of amides is 1. The summed E-state index contributed by atoms with van der Waals surface area (Å²) in [4.78, 5) is 27.0. The van der Waals surface area contributed by atoms with Gasteiger partial charge in [0, 0.05) is 20.9 Å². The molecule has 27 heavy (non-hydrogen) atoms. The SMILES string of the molecule is C=C(C)C(=O)OCCNC(=O)C(C#N)=C1c2ccccc2Sc2ccsc21. The van der Waals surface area contributed by atoms with Gasteiger partial charge in [-0.1, -0.05) is 36.5 Å². The Kier molecular flexibility index (Phi) is 5.79. The molecule has 1 aromatic carbocycles. The highest BCUT2D eigenvalue weighted by molar-refractivity contribution is 7.99. The van der Waals surface area contributed by atoms with E-state index in [1.807, 2.05) is 35.7 Å². The van der Waals surface area contributed by atoms with Gasteiger partial charge in [0.25, 0.3) is 5.91 Å². The molecule has 0 radical (unpaired) electrons. The van der Waals surface area contributed by atoms with Gasteiger partial charge in [-0.25, -0.2) is 4.79 Å². The molecule has 0 unspecified atom stereocenters. The molecule has 1 amide bonds. The summed E-state index contributed by atoms with van der Waals surface area (Å²) in [6.45, 7) is 5.18. The Morgan fingerprint density at radius 3 is 2.78 bits per heavy atom. The third kappa shape index (κ3) is 3.97. The fraction of sp³-hybridized carbons (Fsp3) is 0.150. The minimum absolute atomic E-state index is 0.0160. The number of nitriles is 1. The summed E-state index contributed by atoms with van der Waals surface area (Å²) in [5.74, 6) is -0.996. The fourth-order valence-corrected chi connectivity index (χ4v) is 4.76. The van der Waals surface area contributed by atoms with Crippen molar-refractivity contribution in [1.82, 2.24) is 5.32 Å². The number of nitrogens with zero attached hydrogens (tertiary/aromatic N) is 1. The minimum atomic E-state index is -0.510. The molecule has 1 aliphatic rings. The van der Waals surface area contributed by atoms with Gasteiger partial charge in [-0.3, -0.25) is 4.79 Å². The number of fused-ring (bicyclic) bond motifs is 2. The summed E-state index contributed by atoms with van der Waals surface area (Å²) in [6.07, 6.45) is 0. The summed E-state index contributed by atoms with van der Waals surface area (Å²) in [5, 5.41) is 14.3. The summed E-state index contributed by atoms with van der Waals surface area (Å²) in [7, 11) is 0. The maximum absolute atomic E-state index is 12.6. The molecule has 0 bridgehead atoms. The van der Waals surface area contributed by atoms with E-state index < -0.39 is 11.9 Å². The number of ether oxygens (including phenoxy) is 1. The molecule has 1 aromatic heterocycles. The van der Waals surface area contributed by atoms with E-state index in [4.69, 9.17) is 4.74 Å². The molecule has 0 fully saturated rings. The Hall–Kier alpha value is -2.82. The Morgan fingerprint density at radius 1 is 1.26 bits per heavy atom. The average molecular weight is 396 g/mol. The summed E-state index contributed by atoms with van der Waals surface area (Å²) in [5.41, 5.74) is 1.87. The van der Waals surface area contributed by atoms with E-state index in [-0.39, 0.29) is 18.7 Å². The normalized spacial score (nSPS) is 13.6. The van der Waals surface area contributed by atoms with E-state index in [1.54, 1.807) is 18.7 Å². The van der Waals surface area contributed by atoms with Crippen LogP contribution in [0, 0.1) is 11.3 Å².